The molecule has 1 aromatic carbocycles. The molecule has 4 rings (SSSR count). The first-order chi connectivity index (χ1) is 16.4. The third kappa shape index (κ3) is 3.79. The van der Waals surface area contributed by atoms with Crippen LogP contribution in [0.4, 0.5) is 0 Å². The van der Waals surface area contributed by atoms with Gasteiger partial charge in [-0.15, -0.1) is 0 Å². The molecule has 34 heavy (non-hydrogen) atoms. The summed E-state index contributed by atoms with van der Waals surface area (Å²) in [7, 11) is 4.50. The molecule has 3 heterocycles. The number of hydrogen-bond donors (Lipinski definition) is 1. The zero-order chi connectivity index (χ0) is 24.4. The van der Waals surface area contributed by atoms with Gasteiger partial charge in [0.1, 0.15) is 17.4 Å². The second-order valence-electron chi connectivity index (χ2n) is 7.70. The first-order valence-electron chi connectivity index (χ1n) is 10.4. The van der Waals surface area contributed by atoms with E-state index in [0.717, 1.165) is 5.56 Å². The molecule has 2 aromatic heterocycles. The van der Waals surface area contributed by atoms with Gasteiger partial charge in [-0.05, 0) is 36.2 Å². The van der Waals surface area contributed by atoms with E-state index in [1.807, 2.05) is 19.1 Å². The van der Waals surface area contributed by atoms with Crippen LogP contribution in [0.3, 0.4) is 0 Å². The van der Waals surface area contributed by atoms with Crippen LogP contribution < -0.4 is 30.2 Å². The van der Waals surface area contributed by atoms with Crippen LogP contribution in [0, 0.1) is 18.3 Å². The molecule has 0 unspecified atom stereocenters. The number of allylic oxidation sites excluding steroid dienone is 1. The van der Waals surface area contributed by atoms with Crippen molar-refractivity contribution in [2.45, 2.75) is 19.4 Å². The summed E-state index contributed by atoms with van der Waals surface area (Å²) in [4.78, 5) is 18.0. The molecule has 0 radical (unpaired) electrons. The molecule has 1 atom stereocenters. The average Bonchev–Trinajstić information content (AvgIpc) is 2.85. The molecule has 9 nitrogen and oxygen atoms in total. The lowest BCUT2D eigenvalue weighted by molar-refractivity contribution is 0.323. The Labute approximate surface area is 196 Å². The van der Waals surface area contributed by atoms with E-state index < -0.39 is 5.92 Å². The highest BCUT2D eigenvalue weighted by Gasteiger charge is 2.35. The molecular weight excluding hydrogens is 436 g/mol. The highest BCUT2D eigenvalue weighted by Crippen LogP contribution is 2.46. The maximum atomic E-state index is 13.8. The average molecular weight is 460 g/mol. The summed E-state index contributed by atoms with van der Waals surface area (Å²) in [5.74, 6) is 0.634. The van der Waals surface area contributed by atoms with Crippen molar-refractivity contribution in [1.82, 2.24) is 9.55 Å². The minimum absolute atomic E-state index is 0.0578. The molecule has 9 heteroatoms. The number of methoxy groups -OCH3 is 3. The topological polar surface area (TPSA) is 122 Å². The van der Waals surface area contributed by atoms with E-state index in [9.17, 15) is 10.1 Å². The number of nitrogens with two attached hydrogens (primary N) is 1. The number of hydrogen-bond acceptors (Lipinski definition) is 8. The summed E-state index contributed by atoms with van der Waals surface area (Å²) in [6, 6.07) is 11.0. The van der Waals surface area contributed by atoms with Gasteiger partial charge in [0.15, 0.2) is 11.5 Å². The van der Waals surface area contributed by atoms with Crippen LogP contribution >= 0.6 is 0 Å². The molecule has 0 fully saturated rings. The SMILES string of the molecule is COc1cc([C@@H]2C(C#N)=C(N)Oc3cc(C)n(Cc4cccnc4)c(=O)c32)cc(OC)c1OC. The predicted octanol–water partition coefficient (Wildman–Crippen LogP) is 2.84. The largest absolute Gasteiger partial charge is 0.493 e. The molecule has 0 bridgehead atoms. The van der Waals surface area contributed by atoms with Crippen molar-refractivity contribution in [3.05, 3.63) is 86.9 Å². The van der Waals surface area contributed by atoms with Gasteiger partial charge in [-0.3, -0.25) is 9.78 Å². The van der Waals surface area contributed by atoms with Crippen LogP contribution in [-0.2, 0) is 6.54 Å². The Morgan fingerprint density at radius 3 is 2.44 bits per heavy atom. The second-order valence-corrected chi connectivity index (χ2v) is 7.70. The lowest BCUT2D eigenvalue weighted by atomic mass is 9.83. The summed E-state index contributed by atoms with van der Waals surface area (Å²) in [5.41, 5.74) is 8.38. The Hall–Kier alpha value is -4.45. The number of benzene rings is 1. The zero-order valence-corrected chi connectivity index (χ0v) is 19.3. The number of fused-ring (bicyclic) bond motifs is 1. The van der Waals surface area contributed by atoms with Crippen molar-refractivity contribution in [3.8, 4) is 29.1 Å². The van der Waals surface area contributed by atoms with Crippen LogP contribution in [0.15, 0.2) is 59.0 Å². The second kappa shape index (κ2) is 9.19. The lowest BCUT2D eigenvalue weighted by Crippen LogP contribution is -2.33. The van der Waals surface area contributed by atoms with Crippen LogP contribution in [-0.4, -0.2) is 30.9 Å². The molecule has 1 aliphatic rings. The van der Waals surface area contributed by atoms with Crippen molar-refractivity contribution < 1.29 is 18.9 Å². The predicted molar refractivity (Wildman–Crippen MR) is 124 cm³/mol. The Bertz CT molecular complexity index is 1350. The zero-order valence-electron chi connectivity index (χ0n) is 19.3. The highest BCUT2D eigenvalue weighted by molar-refractivity contribution is 5.61. The number of ether oxygens (including phenoxy) is 4. The molecule has 0 saturated carbocycles. The van der Waals surface area contributed by atoms with E-state index in [1.165, 1.54) is 21.3 Å². The fourth-order valence-electron chi connectivity index (χ4n) is 4.16. The normalized spacial score (nSPS) is 14.6. The first kappa shape index (κ1) is 22.7. The van der Waals surface area contributed by atoms with Gasteiger partial charge in [-0.25, -0.2) is 0 Å². The van der Waals surface area contributed by atoms with Crippen molar-refractivity contribution in [3.63, 3.8) is 0 Å². The van der Waals surface area contributed by atoms with Crippen LogP contribution in [0.2, 0.25) is 0 Å². The smallest absolute Gasteiger partial charge is 0.259 e. The van der Waals surface area contributed by atoms with Crippen molar-refractivity contribution >= 4 is 0 Å². The summed E-state index contributed by atoms with van der Waals surface area (Å²) in [6.45, 7) is 2.13. The fourth-order valence-corrected chi connectivity index (χ4v) is 4.16. The van der Waals surface area contributed by atoms with Crippen molar-refractivity contribution in [2.24, 2.45) is 5.73 Å². The van der Waals surface area contributed by atoms with E-state index in [-0.39, 0.29) is 17.0 Å². The number of rotatable bonds is 6. The van der Waals surface area contributed by atoms with Crippen molar-refractivity contribution in [2.75, 3.05) is 21.3 Å². The van der Waals surface area contributed by atoms with Gasteiger partial charge >= 0.3 is 0 Å². The van der Waals surface area contributed by atoms with E-state index >= 15 is 0 Å². The van der Waals surface area contributed by atoms with Crippen LogP contribution in [0.1, 0.15) is 28.3 Å². The van der Waals surface area contributed by atoms with E-state index in [2.05, 4.69) is 11.1 Å². The first-order valence-corrected chi connectivity index (χ1v) is 10.4. The number of aryl methyl sites for hydroxylation is 1. The lowest BCUT2D eigenvalue weighted by Gasteiger charge is -2.28. The third-order valence-corrected chi connectivity index (χ3v) is 5.77. The summed E-state index contributed by atoms with van der Waals surface area (Å²) in [6.07, 6.45) is 3.38. The fraction of sp³-hybridized carbons (Fsp3) is 0.240. The van der Waals surface area contributed by atoms with Gasteiger partial charge < -0.3 is 29.2 Å². The Kier molecular flexibility index (Phi) is 6.15. The van der Waals surface area contributed by atoms with Crippen LogP contribution in [0.5, 0.6) is 23.0 Å². The molecule has 0 aliphatic carbocycles. The molecule has 0 amide bonds. The van der Waals surface area contributed by atoms with E-state index in [0.29, 0.717) is 46.4 Å². The molecule has 174 valence electrons. The number of pyridine rings is 2. The van der Waals surface area contributed by atoms with Gasteiger partial charge in [0.2, 0.25) is 11.6 Å². The molecule has 3 aromatic rings. The minimum Gasteiger partial charge on any atom is -0.493 e. The van der Waals surface area contributed by atoms with E-state index in [1.54, 1.807) is 35.2 Å². The summed E-state index contributed by atoms with van der Waals surface area (Å²) < 4.78 is 23.8. The van der Waals surface area contributed by atoms with Crippen LogP contribution in [0.25, 0.3) is 0 Å². The maximum Gasteiger partial charge on any atom is 0.259 e. The minimum atomic E-state index is -0.796. The standard InChI is InChI=1S/C25H24N4O5/c1-14-8-18-22(25(30)29(14)13-15-6-5-7-28-12-15)21(17(11-26)24(27)34-18)16-9-19(31-2)23(33-4)20(10-16)32-3/h5-10,12,21H,13,27H2,1-4H3/t21-/m1/s1. The van der Waals surface area contributed by atoms with Gasteiger partial charge in [0.05, 0.1) is 39.4 Å². The Morgan fingerprint density at radius 2 is 1.88 bits per heavy atom. The maximum absolute atomic E-state index is 13.8. The molecular formula is C25H24N4O5. The quantitative estimate of drug-likeness (QED) is 0.596. The number of aromatic nitrogens is 2. The molecule has 0 saturated heterocycles. The molecule has 1 aliphatic heterocycles. The van der Waals surface area contributed by atoms with Gasteiger partial charge in [-0.2, -0.15) is 5.26 Å². The van der Waals surface area contributed by atoms with Gasteiger partial charge in [0, 0.05) is 24.2 Å². The van der Waals surface area contributed by atoms with Gasteiger partial charge in [-0.1, -0.05) is 6.07 Å². The number of nitrogens with zero attached hydrogens (tertiary/aromatic N) is 3. The highest BCUT2D eigenvalue weighted by atomic mass is 16.5. The number of nitriles is 1. The van der Waals surface area contributed by atoms with Gasteiger partial charge in [0.25, 0.3) is 5.56 Å². The summed E-state index contributed by atoms with van der Waals surface area (Å²) in [5, 5.41) is 9.95. The van der Waals surface area contributed by atoms with Crippen molar-refractivity contribution in [1.29, 1.82) is 5.26 Å². The molecule has 2 N–H and O–H groups in total. The monoisotopic (exact) mass is 460 g/mol. The summed E-state index contributed by atoms with van der Waals surface area (Å²) >= 11 is 0. The Morgan fingerprint density at radius 1 is 1.18 bits per heavy atom. The molecule has 0 spiro atoms. The Balaban J connectivity index is 1.97. The third-order valence-electron chi connectivity index (χ3n) is 5.77. The van der Waals surface area contributed by atoms with E-state index in [4.69, 9.17) is 24.7 Å².